The van der Waals surface area contributed by atoms with E-state index >= 15 is 0 Å². The van der Waals surface area contributed by atoms with Crippen molar-refractivity contribution in [3.8, 4) is 11.5 Å². The summed E-state index contributed by atoms with van der Waals surface area (Å²) in [7, 11) is 0. The summed E-state index contributed by atoms with van der Waals surface area (Å²) >= 11 is 0. The van der Waals surface area contributed by atoms with Crippen molar-refractivity contribution in [2.75, 3.05) is 13.2 Å². The number of benzene rings is 2. The Hall–Kier alpha value is -3.28. The zero-order chi connectivity index (χ0) is 20.8. The van der Waals surface area contributed by atoms with Crippen LogP contribution < -0.4 is 14.6 Å². The van der Waals surface area contributed by atoms with Crippen molar-refractivity contribution in [3.63, 3.8) is 0 Å². The molecule has 0 N–H and O–H groups in total. The van der Waals surface area contributed by atoms with E-state index in [-0.39, 0.29) is 12.3 Å². The molecular weight excluding hydrogens is 370 g/mol. The Morgan fingerprint density at radius 2 is 1.97 bits per heavy atom. The number of para-hydroxylation sites is 2. The molecule has 0 fully saturated rings. The molecule has 0 saturated carbocycles. The van der Waals surface area contributed by atoms with Crippen LogP contribution in [-0.2, 0) is 4.79 Å². The number of carboxylic acid groups (broad SMARTS) is 1. The maximum absolute atomic E-state index is 11.3. The number of nitrogens with zero attached hydrogens (tertiary/aromatic N) is 1. The predicted molar refractivity (Wildman–Crippen MR) is 109 cm³/mol. The second-order valence-electron chi connectivity index (χ2n) is 7.05. The van der Waals surface area contributed by atoms with Crippen molar-refractivity contribution in [1.29, 1.82) is 0 Å². The number of rotatable bonds is 9. The van der Waals surface area contributed by atoms with Crippen molar-refractivity contribution in [2.45, 2.75) is 27.2 Å². The lowest BCUT2D eigenvalue weighted by molar-refractivity contribution is -0.304. The Bertz CT molecular complexity index is 986. The molecule has 6 heteroatoms. The number of fused-ring (bicyclic) bond motifs is 1. The van der Waals surface area contributed by atoms with Crippen molar-refractivity contribution >= 4 is 28.7 Å². The highest BCUT2D eigenvalue weighted by molar-refractivity contribution is 5.90. The Morgan fingerprint density at radius 3 is 2.66 bits per heavy atom. The van der Waals surface area contributed by atoms with Gasteiger partial charge in [-0.1, -0.05) is 32.0 Å². The van der Waals surface area contributed by atoms with Gasteiger partial charge in [0.15, 0.2) is 17.1 Å². The number of hydrogen-bond donors (Lipinski definition) is 0. The van der Waals surface area contributed by atoms with Gasteiger partial charge in [-0.2, -0.15) is 0 Å². The molecule has 0 aliphatic heterocycles. The van der Waals surface area contributed by atoms with Gasteiger partial charge in [0.05, 0.1) is 13.2 Å². The van der Waals surface area contributed by atoms with E-state index in [0.717, 1.165) is 5.56 Å². The Labute approximate surface area is 169 Å². The van der Waals surface area contributed by atoms with Crippen molar-refractivity contribution in [2.24, 2.45) is 5.92 Å². The van der Waals surface area contributed by atoms with Gasteiger partial charge in [0.1, 0.15) is 5.52 Å². The van der Waals surface area contributed by atoms with E-state index in [1.165, 1.54) is 0 Å². The van der Waals surface area contributed by atoms with Crippen LogP contribution in [0.5, 0.6) is 11.5 Å². The van der Waals surface area contributed by atoms with E-state index in [2.05, 4.69) is 18.8 Å². The monoisotopic (exact) mass is 394 g/mol. The summed E-state index contributed by atoms with van der Waals surface area (Å²) in [6.07, 6.45) is 1.40. The smallest absolute Gasteiger partial charge is 0.223 e. The van der Waals surface area contributed by atoms with Crippen LogP contribution in [-0.4, -0.2) is 24.2 Å². The molecule has 0 aliphatic rings. The highest BCUT2D eigenvalue weighted by Crippen LogP contribution is 2.31. The molecule has 0 bridgehead atoms. The maximum Gasteiger partial charge on any atom is 0.223 e. The topological polar surface area (TPSA) is 84.6 Å². The minimum Gasteiger partial charge on any atom is -0.550 e. The van der Waals surface area contributed by atoms with Gasteiger partial charge in [-0.25, -0.2) is 4.98 Å². The van der Waals surface area contributed by atoms with Crippen LogP contribution in [0.15, 0.2) is 46.9 Å². The maximum atomic E-state index is 11.3. The number of carbonyl (C=O) groups is 1. The predicted octanol–water partition coefficient (Wildman–Crippen LogP) is 3.94. The molecule has 29 heavy (non-hydrogen) atoms. The van der Waals surface area contributed by atoms with Gasteiger partial charge in [0.25, 0.3) is 0 Å². The first-order valence-corrected chi connectivity index (χ1v) is 9.62. The quantitative estimate of drug-likeness (QED) is 0.546. The van der Waals surface area contributed by atoms with E-state index in [0.29, 0.717) is 47.3 Å². The van der Waals surface area contributed by atoms with Crippen molar-refractivity contribution in [3.05, 3.63) is 53.9 Å². The summed E-state index contributed by atoms with van der Waals surface area (Å²) < 4.78 is 17.3. The SMILES string of the molecule is CCOc1cc(/C=C(\CC(=O)[O-])c2nc3ccccc3o2)ccc1OCC(C)C. The number of hydrogen-bond acceptors (Lipinski definition) is 6. The second-order valence-corrected chi connectivity index (χ2v) is 7.05. The first kappa shape index (κ1) is 20.5. The van der Waals surface area contributed by atoms with Crippen LogP contribution >= 0.6 is 0 Å². The highest BCUT2D eigenvalue weighted by atomic mass is 16.5. The van der Waals surface area contributed by atoms with Crippen LogP contribution in [0.2, 0.25) is 0 Å². The molecule has 0 radical (unpaired) electrons. The fourth-order valence-corrected chi connectivity index (χ4v) is 2.81. The molecule has 1 heterocycles. The molecule has 3 aromatic rings. The number of carboxylic acids is 1. The van der Waals surface area contributed by atoms with Gasteiger partial charge in [0, 0.05) is 18.0 Å². The van der Waals surface area contributed by atoms with Gasteiger partial charge < -0.3 is 23.8 Å². The lowest BCUT2D eigenvalue weighted by Crippen LogP contribution is -2.22. The number of ether oxygens (including phenoxy) is 2. The van der Waals surface area contributed by atoms with E-state index in [1.807, 2.05) is 43.3 Å². The zero-order valence-corrected chi connectivity index (χ0v) is 16.8. The number of aromatic nitrogens is 1. The molecule has 152 valence electrons. The third-order valence-corrected chi connectivity index (χ3v) is 4.08. The molecular formula is C23H24NO5-. The van der Waals surface area contributed by atoms with Crippen LogP contribution in [0.25, 0.3) is 22.7 Å². The molecule has 0 amide bonds. The fourth-order valence-electron chi connectivity index (χ4n) is 2.81. The van der Waals surface area contributed by atoms with Gasteiger partial charge in [-0.15, -0.1) is 0 Å². The van der Waals surface area contributed by atoms with Crippen molar-refractivity contribution < 1.29 is 23.8 Å². The standard InChI is InChI=1S/C23H25NO5/c1-4-27-21-12-16(9-10-20(21)28-14-15(2)3)11-17(13-22(25)26)23-24-18-7-5-6-8-19(18)29-23/h5-12,15H,4,13-14H2,1-3H3,(H,25,26)/p-1/b17-11+. The molecule has 0 unspecified atom stereocenters. The first-order chi connectivity index (χ1) is 14.0. The van der Waals surface area contributed by atoms with Crippen LogP contribution in [0, 0.1) is 5.92 Å². The van der Waals surface area contributed by atoms with Gasteiger partial charge >= 0.3 is 0 Å². The minimum absolute atomic E-state index is 0.258. The summed E-state index contributed by atoms with van der Waals surface area (Å²) in [5.74, 6) is 0.695. The zero-order valence-electron chi connectivity index (χ0n) is 16.8. The molecule has 0 spiro atoms. The van der Waals surface area contributed by atoms with Crippen LogP contribution in [0.4, 0.5) is 0 Å². The van der Waals surface area contributed by atoms with Crippen molar-refractivity contribution in [1.82, 2.24) is 4.98 Å². The van der Waals surface area contributed by atoms with E-state index < -0.39 is 5.97 Å². The third-order valence-electron chi connectivity index (χ3n) is 4.08. The van der Waals surface area contributed by atoms with Gasteiger partial charge in [0.2, 0.25) is 5.89 Å². The Balaban J connectivity index is 1.97. The molecule has 0 aliphatic carbocycles. The van der Waals surface area contributed by atoms with Gasteiger partial charge in [-0.3, -0.25) is 0 Å². The summed E-state index contributed by atoms with van der Waals surface area (Å²) in [6.45, 7) is 7.11. The summed E-state index contributed by atoms with van der Waals surface area (Å²) in [5, 5.41) is 11.3. The first-order valence-electron chi connectivity index (χ1n) is 9.62. The van der Waals surface area contributed by atoms with E-state index in [9.17, 15) is 9.90 Å². The largest absolute Gasteiger partial charge is 0.550 e. The third kappa shape index (κ3) is 5.38. The summed E-state index contributed by atoms with van der Waals surface area (Å²) in [6, 6.07) is 12.8. The number of aliphatic carboxylic acids is 1. The van der Waals surface area contributed by atoms with Crippen LogP contribution in [0.3, 0.4) is 0 Å². The molecule has 6 nitrogen and oxygen atoms in total. The highest BCUT2D eigenvalue weighted by Gasteiger charge is 2.13. The Morgan fingerprint density at radius 1 is 1.17 bits per heavy atom. The summed E-state index contributed by atoms with van der Waals surface area (Å²) in [5.41, 5.74) is 2.43. The molecule has 3 rings (SSSR count). The van der Waals surface area contributed by atoms with Gasteiger partial charge in [-0.05, 0) is 48.7 Å². The Kier molecular flexibility index (Phi) is 6.54. The molecule has 2 aromatic carbocycles. The number of carbonyl (C=O) groups excluding carboxylic acids is 1. The summed E-state index contributed by atoms with van der Waals surface area (Å²) in [4.78, 5) is 15.7. The lowest BCUT2D eigenvalue weighted by Gasteiger charge is -2.14. The van der Waals surface area contributed by atoms with E-state index in [4.69, 9.17) is 13.9 Å². The molecule has 0 saturated heterocycles. The molecule has 0 atom stereocenters. The minimum atomic E-state index is -1.21. The normalized spacial score (nSPS) is 11.8. The average Bonchev–Trinajstić information content (AvgIpc) is 3.11. The fraction of sp³-hybridized carbons (Fsp3) is 0.304. The second kappa shape index (κ2) is 9.28. The number of oxazole rings is 1. The van der Waals surface area contributed by atoms with E-state index in [1.54, 1.807) is 12.1 Å². The average molecular weight is 394 g/mol. The molecule has 1 aromatic heterocycles. The lowest BCUT2D eigenvalue weighted by atomic mass is 10.1. The van der Waals surface area contributed by atoms with Crippen LogP contribution in [0.1, 0.15) is 38.6 Å².